The van der Waals surface area contributed by atoms with Gasteiger partial charge in [-0.15, -0.1) is 10.2 Å². The Morgan fingerprint density at radius 1 is 1.10 bits per heavy atom. The number of carbonyl (C=O) groups is 1. The molecule has 0 aliphatic rings. The number of aryl methyl sites for hydroxylation is 1. The predicted molar refractivity (Wildman–Crippen MR) is 121 cm³/mol. The molecule has 1 heterocycles. The lowest BCUT2D eigenvalue weighted by Gasteiger charge is -2.13. The molecule has 1 aromatic heterocycles. The molecule has 3 rings (SSSR count). The standard InChI is InChI=1S/C21H25N5O4S/c1-12-7-6-8-15(13(12)2)23-18(27)11-31-21-25-24-20(26(21)22)14-9-16(28-3)19(30-5)17(10-14)29-4/h6-10H,11,22H2,1-5H3,(H,23,27). The van der Waals surface area contributed by atoms with Gasteiger partial charge in [0.05, 0.1) is 27.1 Å². The van der Waals surface area contributed by atoms with E-state index >= 15 is 0 Å². The largest absolute Gasteiger partial charge is 0.493 e. The first-order chi connectivity index (χ1) is 14.9. The Kier molecular flexibility index (Phi) is 6.91. The molecule has 0 aliphatic heterocycles. The fourth-order valence-corrected chi connectivity index (χ4v) is 3.64. The first-order valence-electron chi connectivity index (χ1n) is 9.39. The number of nitrogens with two attached hydrogens (primary N) is 1. The van der Waals surface area contributed by atoms with Crippen LogP contribution in [0.3, 0.4) is 0 Å². The highest BCUT2D eigenvalue weighted by atomic mass is 32.2. The fraction of sp³-hybridized carbons (Fsp3) is 0.286. The Balaban J connectivity index is 1.76. The van der Waals surface area contributed by atoms with Gasteiger partial charge in [0.15, 0.2) is 17.3 Å². The minimum atomic E-state index is -0.156. The number of methoxy groups -OCH3 is 3. The lowest BCUT2D eigenvalue weighted by Crippen LogP contribution is -2.17. The molecule has 2 aromatic carbocycles. The van der Waals surface area contributed by atoms with Gasteiger partial charge in [-0.25, -0.2) is 4.68 Å². The maximum Gasteiger partial charge on any atom is 0.234 e. The summed E-state index contributed by atoms with van der Waals surface area (Å²) in [5.74, 6) is 7.99. The van der Waals surface area contributed by atoms with Gasteiger partial charge in [-0.05, 0) is 43.2 Å². The SMILES string of the molecule is COc1cc(-c2nnc(SCC(=O)Nc3cccc(C)c3C)n2N)cc(OC)c1OC. The van der Waals surface area contributed by atoms with Gasteiger partial charge in [-0.3, -0.25) is 4.79 Å². The molecule has 0 atom stereocenters. The van der Waals surface area contributed by atoms with Crippen LogP contribution in [0.4, 0.5) is 5.69 Å². The lowest BCUT2D eigenvalue weighted by molar-refractivity contribution is -0.113. The Labute approximate surface area is 184 Å². The molecule has 0 bridgehead atoms. The average molecular weight is 444 g/mol. The summed E-state index contributed by atoms with van der Waals surface area (Å²) in [6.07, 6.45) is 0. The van der Waals surface area contributed by atoms with Gasteiger partial charge in [-0.1, -0.05) is 23.9 Å². The maximum atomic E-state index is 12.4. The predicted octanol–water partition coefficient (Wildman–Crippen LogP) is 3.03. The van der Waals surface area contributed by atoms with Crippen molar-refractivity contribution in [2.24, 2.45) is 0 Å². The number of anilines is 1. The van der Waals surface area contributed by atoms with E-state index < -0.39 is 0 Å². The number of hydrogen-bond acceptors (Lipinski definition) is 8. The summed E-state index contributed by atoms with van der Waals surface area (Å²) >= 11 is 1.19. The van der Waals surface area contributed by atoms with Gasteiger partial charge < -0.3 is 25.4 Å². The summed E-state index contributed by atoms with van der Waals surface area (Å²) in [6, 6.07) is 9.25. The van der Waals surface area contributed by atoms with Gasteiger partial charge in [0.25, 0.3) is 0 Å². The van der Waals surface area contributed by atoms with Crippen molar-refractivity contribution in [2.45, 2.75) is 19.0 Å². The zero-order valence-corrected chi connectivity index (χ0v) is 18.9. The number of aromatic nitrogens is 3. The zero-order chi connectivity index (χ0) is 22.5. The molecule has 0 saturated heterocycles. The van der Waals surface area contributed by atoms with Crippen molar-refractivity contribution in [3.63, 3.8) is 0 Å². The number of rotatable bonds is 8. The van der Waals surface area contributed by atoms with E-state index in [-0.39, 0.29) is 11.7 Å². The van der Waals surface area contributed by atoms with Crippen LogP contribution in [0.15, 0.2) is 35.5 Å². The molecule has 31 heavy (non-hydrogen) atoms. The number of carbonyl (C=O) groups excluding carboxylic acids is 1. The number of nitrogens with zero attached hydrogens (tertiary/aromatic N) is 3. The molecular formula is C21H25N5O4S. The van der Waals surface area contributed by atoms with E-state index in [1.165, 1.54) is 37.8 Å². The van der Waals surface area contributed by atoms with Crippen molar-refractivity contribution < 1.29 is 19.0 Å². The quantitative estimate of drug-likeness (QED) is 0.403. The molecule has 0 fully saturated rings. The maximum absolute atomic E-state index is 12.4. The summed E-state index contributed by atoms with van der Waals surface area (Å²) in [5.41, 5.74) is 3.57. The Morgan fingerprint density at radius 3 is 2.39 bits per heavy atom. The summed E-state index contributed by atoms with van der Waals surface area (Å²) in [5, 5.41) is 11.6. The number of thioether (sulfide) groups is 1. The second-order valence-electron chi connectivity index (χ2n) is 6.67. The minimum absolute atomic E-state index is 0.137. The average Bonchev–Trinajstić information content (AvgIpc) is 3.14. The summed E-state index contributed by atoms with van der Waals surface area (Å²) < 4.78 is 17.4. The molecule has 0 spiro atoms. The molecule has 0 radical (unpaired) electrons. The summed E-state index contributed by atoms with van der Waals surface area (Å²) in [7, 11) is 4.59. The van der Waals surface area contributed by atoms with Gasteiger partial charge >= 0.3 is 0 Å². The fourth-order valence-electron chi connectivity index (χ4n) is 2.99. The van der Waals surface area contributed by atoms with Crippen molar-refractivity contribution in [1.29, 1.82) is 0 Å². The van der Waals surface area contributed by atoms with Crippen molar-refractivity contribution in [2.75, 3.05) is 38.2 Å². The third kappa shape index (κ3) is 4.69. The number of amides is 1. The van der Waals surface area contributed by atoms with Crippen LogP contribution >= 0.6 is 11.8 Å². The van der Waals surface area contributed by atoms with E-state index in [1.54, 1.807) is 12.1 Å². The van der Waals surface area contributed by atoms with E-state index in [0.717, 1.165) is 16.8 Å². The normalized spacial score (nSPS) is 10.6. The van der Waals surface area contributed by atoms with Crippen LogP contribution in [-0.4, -0.2) is 47.9 Å². The summed E-state index contributed by atoms with van der Waals surface area (Å²) in [6.45, 7) is 3.97. The molecule has 0 saturated carbocycles. The molecule has 1 amide bonds. The van der Waals surface area contributed by atoms with Gasteiger partial charge in [0.2, 0.25) is 16.8 Å². The summed E-state index contributed by atoms with van der Waals surface area (Å²) in [4.78, 5) is 12.4. The highest BCUT2D eigenvalue weighted by Gasteiger charge is 2.19. The number of hydrogen-bond donors (Lipinski definition) is 2. The molecule has 164 valence electrons. The van der Waals surface area contributed by atoms with Crippen LogP contribution in [0.25, 0.3) is 11.4 Å². The number of nitrogen functional groups attached to an aromatic ring is 1. The van der Waals surface area contributed by atoms with Crippen LogP contribution in [0.2, 0.25) is 0 Å². The van der Waals surface area contributed by atoms with E-state index in [2.05, 4.69) is 15.5 Å². The minimum Gasteiger partial charge on any atom is -0.493 e. The highest BCUT2D eigenvalue weighted by Crippen LogP contribution is 2.40. The zero-order valence-electron chi connectivity index (χ0n) is 18.1. The highest BCUT2D eigenvalue weighted by molar-refractivity contribution is 7.99. The van der Waals surface area contributed by atoms with Crippen molar-refractivity contribution >= 4 is 23.4 Å². The molecule has 10 heteroatoms. The lowest BCUT2D eigenvalue weighted by atomic mass is 10.1. The second-order valence-corrected chi connectivity index (χ2v) is 7.62. The number of benzene rings is 2. The first kappa shape index (κ1) is 22.3. The number of nitrogens with one attached hydrogen (secondary N) is 1. The van der Waals surface area contributed by atoms with Crippen molar-refractivity contribution in [3.05, 3.63) is 41.5 Å². The Bertz CT molecular complexity index is 1070. The molecule has 9 nitrogen and oxygen atoms in total. The molecule has 3 aromatic rings. The van der Waals surface area contributed by atoms with Crippen molar-refractivity contribution in [3.8, 4) is 28.6 Å². The first-order valence-corrected chi connectivity index (χ1v) is 10.4. The molecule has 3 N–H and O–H groups in total. The molecule has 0 unspecified atom stereocenters. The van der Waals surface area contributed by atoms with Gasteiger partial charge in [-0.2, -0.15) is 0 Å². The Hall–Kier alpha value is -3.40. The number of ether oxygens (including phenoxy) is 3. The topological polar surface area (TPSA) is 114 Å². The second kappa shape index (κ2) is 9.61. The smallest absolute Gasteiger partial charge is 0.234 e. The van der Waals surface area contributed by atoms with Crippen LogP contribution in [0.5, 0.6) is 17.2 Å². The van der Waals surface area contributed by atoms with E-state index in [1.807, 2.05) is 32.0 Å². The molecular weight excluding hydrogens is 418 g/mol. The third-order valence-electron chi connectivity index (χ3n) is 4.80. The monoisotopic (exact) mass is 443 g/mol. The van der Waals surface area contributed by atoms with E-state index in [0.29, 0.717) is 33.8 Å². The van der Waals surface area contributed by atoms with Crippen LogP contribution in [-0.2, 0) is 4.79 Å². The van der Waals surface area contributed by atoms with E-state index in [4.69, 9.17) is 20.1 Å². The van der Waals surface area contributed by atoms with E-state index in [9.17, 15) is 4.79 Å². The van der Waals surface area contributed by atoms with Crippen LogP contribution < -0.4 is 25.4 Å². The van der Waals surface area contributed by atoms with Crippen LogP contribution in [0.1, 0.15) is 11.1 Å². The van der Waals surface area contributed by atoms with Gasteiger partial charge in [0.1, 0.15) is 0 Å². The van der Waals surface area contributed by atoms with Crippen LogP contribution in [0, 0.1) is 13.8 Å². The Morgan fingerprint density at radius 2 is 1.77 bits per heavy atom. The third-order valence-corrected chi connectivity index (χ3v) is 5.74. The van der Waals surface area contributed by atoms with Gasteiger partial charge in [0, 0.05) is 11.3 Å². The van der Waals surface area contributed by atoms with Crippen molar-refractivity contribution in [1.82, 2.24) is 14.9 Å². The molecule has 0 aliphatic carbocycles.